The number of aryl methyl sites for hydroxylation is 1. The number of thioether (sulfide) groups is 1. The molecule has 5 heteroatoms. The predicted molar refractivity (Wildman–Crippen MR) is 70.6 cm³/mol. The lowest BCUT2D eigenvalue weighted by atomic mass is 10.1. The monoisotopic (exact) mass is 263 g/mol. The van der Waals surface area contributed by atoms with Crippen LogP contribution in [0.1, 0.15) is 16.7 Å². The van der Waals surface area contributed by atoms with Crippen LogP contribution in [0.25, 0.3) is 0 Å². The second-order valence-electron chi connectivity index (χ2n) is 3.95. The van der Waals surface area contributed by atoms with E-state index in [1.807, 2.05) is 6.92 Å². The van der Waals surface area contributed by atoms with Crippen molar-refractivity contribution in [3.05, 3.63) is 53.1 Å². The topological polar surface area (TPSA) is 51.8 Å². The average Bonchev–Trinajstić information content (AvgIpc) is 2.39. The summed E-state index contributed by atoms with van der Waals surface area (Å²) in [5, 5.41) is 0.716. The van der Waals surface area contributed by atoms with E-state index >= 15 is 0 Å². The van der Waals surface area contributed by atoms with Gasteiger partial charge in [-0.2, -0.15) is 0 Å². The van der Waals surface area contributed by atoms with E-state index in [4.69, 9.17) is 5.73 Å². The van der Waals surface area contributed by atoms with E-state index in [2.05, 4.69) is 9.97 Å². The Balaban J connectivity index is 2.08. The summed E-state index contributed by atoms with van der Waals surface area (Å²) in [4.78, 5) is 8.43. The number of nitrogens with zero attached hydrogens (tertiary/aromatic N) is 2. The Bertz CT molecular complexity index is 528. The summed E-state index contributed by atoms with van der Waals surface area (Å²) in [6.07, 6.45) is 3.56. The van der Waals surface area contributed by atoms with Gasteiger partial charge in [0.2, 0.25) is 0 Å². The molecule has 18 heavy (non-hydrogen) atoms. The summed E-state index contributed by atoms with van der Waals surface area (Å²) in [5.41, 5.74) is 8.48. The van der Waals surface area contributed by atoms with E-state index < -0.39 is 0 Å². The minimum absolute atomic E-state index is 0.254. The fourth-order valence-electron chi connectivity index (χ4n) is 1.52. The van der Waals surface area contributed by atoms with Gasteiger partial charge in [0, 0.05) is 24.7 Å². The maximum absolute atomic E-state index is 13.1. The van der Waals surface area contributed by atoms with Crippen LogP contribution in [0.5, 0.6) is 0 Å². The van der Waals surface area contributed by atoms with Gasteiger partial charge in [-0.3, -0.25) is 0 Å². The molecule has 0 aliphatic rings. The quantitative estimate of drug-likeness (QED) is 0.680. The second-order valence-corrected chi connectivity index (χ2v) is 4.89. The molecule has 0 bridgehead atoms. The van der Waals surface area contributed by atoms with E-state index in [1.54, 1.807) is 18.5 Å². The molecule has 0 aliphatic heterocycles. The van der Waals surface area contributed by atoms with Gasteiger partial charge >= 0.3 is 0 Å². The van der Waals surface area contributed by atoms with Crippen LogP contribution in [-0.2, 0) is 12.3 Å². The fourth-order valence-corrected chi connectivity index (χ4v) is 2.34. The molecular weight excluding hydrogens is 249 g/mol. The zero-order chi connectivity index (χ0) is 13.0. The molecule has 0 aliphatic carbocycles. The van der Waals surface area contributed by atoms with Gasteiger partial charge in [0.1, 0.15) is 5.82 Å². The molecule has 0 spiro atoms. The minimum Gasteiger partial charge on any atom is -0.326 e. The number of hydrogen-bond donors (Lipinski definition) is 1. The molecule has 2 rings (SSSR count). The van der Waals surface area contributed by atoms with Crippen molar-refractivity contribution in [2.45, 2.75) is 24.4 Å². The van der Waals surface area contributed by atoms with Crippen molar-refractivity contribution in [1.82, 2.24) is 9.97 Å². The van der Waals surface area contributed by atoms with E-state index in [1.165, 1.54) is 23.9 Å². The maximum Gasteiger partial charge on any atom is 0.187 e. The third kappa shape index (κ3) is 3.27. The highest BCUT2D eigenvalue weighted by Gasteiger charge is 2.05. The van der Waals surface area contributed by atoms with Gasteiger partial charge < -0.3 is 5.73 Å². The molecular formula is C13H14FN3S. The first-order valence-electron chi connectivity index (χ1n) is 5.58. The van der Waals surface area contributed by atoms with Crippen LogP contribution in [0.2, 0.25) is 0 Å². The van der Waals surface area contributed by atoms with Crippen LogP contribution in [0.3, 0.4) is 0 Å². The van der Waals surface area contributed by atoms with Crippen LogP contribution in [0.15, 0.2) is 35.7 Å². The van der Waals surface area contributed by atoms with Crippen molar-refractivity contribution in [2.75, 3.05) is 0 Å². The maximum atomic E-state index is 13.1. The first kappa shape index (κ1) is 13.0. The normalized spacial score (nSPS) is 10.6. The Hall–Kier alpha value is -1.46. The third-order valence-corrected chi connectivity index (χ3v) is 3.43. The van der Waals surface area contributed by atoms with Crippen LogP contribution in [0, 0.1) is 12.7 Å². The lowest BCUT2D eigenvalue weighted by molar-refractivity contribution is 0.624. The second kappa shape index (κ2) is 5.93. The molecule has 1 aromatic heterocycles. The highest BCUT2D eigenvalue weighted by molar-refractivity contribution is 7.98. The van der Waals surface area contributed by atoms with Crippen LogP contribution >= 0.6 is 11.8 Å². The summed E-state index contributed by atoms with van der Waals surface area (Å²) >= 11 is 1.52. The molecule has 0 fully saturated rings. The average molecular weight is 263 g/mol. The highest BCUT2D eigenvalue weighted by Crippen LogP contribution is 2.21. The first-order valence-corrected chi connectivity index (χ1v) is 6.56. The standard InChI is InChI=1S/C13H14FN3S/c1-9-6-16-13(17-7-9)18-8-10-2-3-12(14)4-11(10)5-15/h2-4,6-7H,5,8,15H2,1H3. The molecule has 1 aromatic carbocycles. The minimum atomic E-state index is -0.254. The molecule has 0 saturated carbocycles. The molecule has 0 radical (unpaired) electrons. The van der Waals surface area contributed by atoms with Crippen molar-refractivity contribution in [3.8, 4) is 0 Å². The number of nitrogens with two attached hydrogens (primary N) is 1. The number of benzene rings is 1. The van der Waals surface area contributed by atoms with Gasteiger partial charge in [-0.05, 0) is 35.7 Å². The van der Waals surface area contributed by atoms with Gasteiger partial charge in [0.05, 0.1) is 0 Å². The molecule has 3 nitrogen and oxygen atoms in total. The molecule has 1 heterocycles. The van der Waals surface area contributed by atoms with Crippen molar-refractivity contribution < 1.29 is 4.39 Å². The highest BCUT2D eigenvalue weighted by atomic mass is 32.2. The first-order chi connectivity index (χ1) is 8.69. The lowest BCUT2D eigenvalue weighted by Gasteiger charge is -2.07. The molecule has 0 saturated heterocycles. The van der Waals surface area contributed by atoms with Crippen LogP contribution in [-0.4, -0.2) is 9.97 Å². The van der Waals surface area contributed by atoms with Gasteiger partial charge in [-0.15, -0.1) is 0 Å². The van der Waals surface area contributed by atoms with Crippen molar-refractivity contribution in [2.24, 2.45) is 5.73 Å². The summed E-state index contributed by atoms with van der Waals surface area (Å²) in [5.74, 6) is 0.436. The SMILES string of the molecule is Cc1cnc(SCc2ccc(F)cc2CN)nc1. The van der Waals surface area contributed by atoms with Crippen molar-refractivity contribution in [3.63, 3.8) is 0 Å². The Morgan fingerprint density at radius 3 is 2.61 bits per heavy atom. The van der Waals surface area contributed by atoms with Crippen LogP contribution < -0.4 is 5.73 Å². The van der Waals surface area contributed by atoms with Gasteiger partial charge in [-0.1, -0.05) is 17.8 Å². The van der Waals surface area contributed by atoms with Gasteiger partial charge in [0.25, 0.3) is 0 Å². The number of aromatic nitrogens is 2. The van der Waals surface area contributed by atoms with Gasteiger partial charge in [-0.25, -0.2) is 14.4 Å². The fraction of sp³-hybridized carbons (Fsp3) is 0.231. The summed E-state index contributed by atoms with van der Waals surface area (Å²) < 4.78 is 13.1. The summed E-state index contributed by atoms with van der Waals surface area (Å²) in [7, 11) is 0. The van der Waals surface area contributed by atoms with E-state index in [-0.39, 0.29) is 5.82 Å². The summed E-state index contributed by atoms with van der Waals surface area (Å²) in [6, 6.07) is 4.69. The van der Waals surface area contributed by atoms with E-state index in [9.17, 15) is 4.39 Å². The zero-order valence-corrected chi connectivity index (χ0v) is 10.9. The molecule has 0 unspecified atom stereocenters. The number of halogens is 1. The lowest BCUT2D eigenvalue weighted by Crippen LogP contribution is -2.01. The number of hydrogen-bond acceptors (Lipinski definition) is 4. The van der Waals surface area contributed by atoms with E-state index in [0.29, 0.717) is 17.5 Å². The van der Waals surface area contributed by atoms with E-state index in [0.717, 1.165) is 16.7 Å². The number of rotatable bonds is 4. The smallest absolute Gasteiger partial charge is 0.187 e. The van der Waals surface area contributed by atoms with Crippen molar-refractivity contribution >= 4 is 11.8 Å². The molecule has 0 atom stereocenters. The molecule has 2 N–H and O–H groups in total. The Labute approximate surface area is 110 Å². The largest absolute Gasteiger partial charge is 0.326 e. The Morgan fingerprint density at radius 2 is 1.94 bits per heavy atom. The zero-order valence-electron chi connectivity index (χ0n) is 10.1. The van der Waals surface area contributed by atoms with Crippen LogP contribution in [0.4, 0.5) is 4.39 Å². The van der Waals surface area contributed by atoms with Crippen molar-refractivity contribution in [1.29, 1.82) is 0 Å². The molecule has 2 aromatic rings. The molecule has 94 valence electrons. The molecule has 0 amide bonds. The Kier molecular flexibility index (Phi) is 4.28. The van der Waals surface area contributed by atoms with Gasteiger partial charge in [0.15, 0.2) is 5.16 Å². The predicted octanol–water partition coefficient (Wildman–Crippen LogP) is 2.68. The Morgan fingerprint density at radius 1 is 1.22 bits per heavy atom. The summed E-state index contributed by atoms with van der Waals surface area (Å²) in [6.45, 7) is 2.28. The third-order valence-electron chi connectivity index (χ3n) is 2.50.